The van der Waals surface area contributed by atoms with Crippen molar-refractivity contribution in [3.63, 3.8) is 0 Å². The van der Waals surface area contributed by atoms with Crippen molar-refractivity contribution >= 4 is 21.6 Å². The van der Waals surface area contributed by atoms with E-state index < -0.39 is 0 Å². The number of aromatic hydroxyl groups is 1. The molecule has 0 amide bonds. The molecule has 0 heterocycles. The molecule has 0 radical (unpaired) electrons. The number of phenols is 1. The lowest BCUT2D eigenvalue weighted by Gasteiger charge is -2.01. The fourth-order valence-electron chi connectivity index (χ4n) is 0.809. The third-order valence-corrected chi connectivity index (χ3v) is 1.86. The van der Waals surface area contributed by atoms with E-state index in [1.807, 2.05) is 0 Å². The summed E-state index contributed by atoms with van der Waals surface area (Å²) in [6.45, 7) is 1.64. The number of nitrogens with one attached hydrogen (secondary N) is 1. The molecule has 0 aliphatic carbocycles. The zero-order chi connectivity index (χ0) is 8.43. The minimum Gasteiger partial charge on any atom is -0.507 e. The molecule has 0 aromatic heterocycles. The first-order valence-electron chi connectivity index (χ1n) is 3.15. The Bertz CT molecular complexity index is 296. The van der Waals surface area contributed by atoms with E-state index in [9.17, 15) is 5.11 Å². The van der Waals surface area contributed by atoms with Gasteiger partial charge in [0.25, 0.3) is 0 Å². The Labute approximate surface area is 73.5 Å². The molecule has 0 saturated heterocycles. The maximum absolute atomic E-state index is 9.24. The van der Waals surface area contributed by atoms with Crippen LogP contribution in [-0.4, -0.2) is 10.8 Å². The quantitative estimate of drug-likeness (QED) is 0.693. The van der Waals surface area contributed by atoms with Gasteiger partial charge in [-0.2, -0.15) is 0 Å². The van der Waals surface area contributed by atoms with Crippen molar-refractivity contribution in [3.8, 4) is 5.75 Å². The van der Waals surface area contributed by atoms with Crippen LogP contribution < -0.4 is 0 Å². The van der Waals surface area contributed by atoms with E-state index in [2.05, 4.69) is 15.9 Å². The summed E-state index contributed by atoms with van der Waals surface area (Å²) in [4.78, 5) is 0. The predicted octanol–water partition coefficient (Wildman–Crippen LogP) is 2.54. The van der Waals surface area contributed by atoms with E-state index in [-0.39, 0.29) is 5.75 Å². The first-order valence-corrected chi connectivity index (χ1v) is 3.94. The van der Waals surface area contributed by atoms with E-state index in [1.165, 1.54) is 0 Å². The van der Waals surface area contributed by atoms with Gasteiger partial charge in [-0.1, -0.05) is 15.9 Å². The van der Waals surface area contributed by atoms with Crippen LogP contribution in [0.15, 0.2) is 22.7 Å². The zero-order valence-electron chi connectivity index (χ0n) is 6.06. The molecule has 0 saturated carbocycles. The van der Waals surface area contributed by atoms with Gasteiger partial charge in [0.15, 0.2) is 0 Å². The summed E-state index contributed by atoms with van der Waals surface area (Å²) < 4.78 is 0.872. The van der Waals surface area contributed by atoms with Crippen molar-refractivity contribution in [1.82, 2.24) is 0 Å². The first-order chi connectivity index (χ1) is 5.11. The molecule has 0 bridgehead atoms. The van der Waals surface area contributed by atoms with Crippen LogP contribution in [0.3, 0.4) is 0 Å². The maximum atomic E-state index is 9.24. The molecular weight excluding hydrogens is 206 g/mol. The van der Waals surface area contributed by atoms with Crippen LogP contribution in [0.2, 0.25) is 0 Å². The third-order valence-electron chi connectivity index (χ3n) is 1.36. The molecule has 2 N–H and O–H groups in total. The second-order valence-corrected chi connectivity index (χ2v) is 3.20. The highest BCUT2D eigenvalue weighted by Crippen LogP contribution is 2.21. The Morgan fingerprint density at radius 3 is 2.64 bits per heavy atom. The summed E-state index contributed by atoms with van der Waals surface area (Å²) in [5.41, 5.74) is 0.933. The molecule has 0 spiro atoms. The van der Waals surface area contributed by atoms with Crippen LogP contribution in [-0.2, 0) is 0 Å². The highest BCUT2D eigenvalue weighted by molar-refractivity contribution is 9.10. The molecule has 1 aromatic rings. The van der Waals surface area contributed by atoms with Gasteiger partial charge in [-0.3, -0.25) is 0 Å². The summed E-state index contributed by atoms with van der Waals surface area (Å²) in [5.74, 6) is 0.153. The largest absolute Gasteiger partial charge is 0.507 e. The SMILES string of the molecule is CC(=N)c1cc(Br)ccc1O. The lowest BCUT2D eigenvalue weighted by atomic mass is 10.1. The Kier molecular flexibility index (Phi) is 2.29. The predicted molar refractivity (Wildman–Crippen MR) is 48.3 cm³/mol. The van der Waals surface area contributed by atoms with Crippen molar-refractivity contribution in [1.29, 1.82) is 5.41 Å². The van der Waals surface area contributed by atoms with Crippen LogP contribution in [0, 0.1) is 5.41 Å². The summed E-state index contributed by atoms with van der Waals surface area (Å²) in [5, 5.41) is 16.5. The fourth-order valence-corrected chi connectivity index (χ4v) is 1.17. The molecule has 2 nitrogen and oxygen atoms in total. The lowest BCUT2D eigenvalue weighted by molar-refractivity contribution is 0.474. The molecule has 11 heavy (non-hydrogen) atoms. The topological polar surface area (TPSA) is 44.1 Å². The van der Waals surface area contributed by atoms with Crippen molar-refractivity contribution in [2.75, 3.05) is 0 Å². The number of hydrogen-bond acceptors (Lipinski definition) is 2. The van der Waals surface area contributed by atoms with E-state index in [1.54, 1.807) is 25.1 Å². The average molecular weight is 214 g/mol. The normalized spacial score (nSPS) is 9.64. The van der Waals surface area contributed by atoms with Crippen LogP contribution in [0.5, 0.6) is 5.75 Å². The second-order valence-electron chi connectivity index (χ2n) is 2.29. The van der Waals surface area contributed by atoms with Gasteiger partial charge in [0.1, 0.15) is 5.75 Å². The van der Waals surface area contributed by atoms with Crippen molar-refractivity contribution in [2.45, 2.75) is 6.92 Å². The van der Waals surface area contributed by atoms with Gasteiger partial charge in [0.05, 0.1) is 0 Å². The highest BCUT2D eigenvalue weighted by atomic mass is 79.9. The summed E-state index contributed by atoms with van der Waals surface area (Å²) >= 11 is 3.26. The lowest BCUT2D eigenvalue weighted by Crippen LogP contribution is -1.91. The molecule has 0 unspecified atom stereocenters. The van der Waals surface area contributed by atoms with Gasteiger partial charge in [-0.25, -0.2) is 0 Å². The van der Waals surface area contributed by atoms with E-state index in [0.717, 1.165) is 4.47 Å². The van der Waals surface area contributed by atoms with Gasteiger partial charge in [0.2, 0.25) is 0 Å². The number of hydrogen-bond donors (Lipinski definition) is 2. The van der Waals surface area contributed by atoms with E-state index in [0.29, 0.717) is 11.3 Å². The molecule has 0 aliphatic heterocycles. The molecule has 0 atom stereocenters. The van der Waals surface area contributed by atoms with E-state index in [4.69, 9.17) is 5.41 Å². The smallest absolute Gasteiger partial charge is 0.124 e. The van der Waals surface area contributed by atoms with Gasteiger partial charge < -0.3 is 10.5 Å². The third kappa shape index (κ3) is 1.80. The monoisotopic (exact) mass is 213 g/mol. The number of rotatable bonds is 1. The molecule has 0 aliphatic rings. The fraction of sp³-hybridized carbons (Fsp3) is 0.125. The van der Waals surface area contributed by atoms with Crippen molar-refractivity contribution < 1.29 is 5.11 Å². The number of halogens is 1. The van der Waals surface area contributed by atoms with Crippen molar-refractivity contribution in [2.24, 2.45) is 0 Å². The average Bonchev–Trinajstić information content (AvgIpc) is 1.94. The van der Waals surface area contributed by atoms with Gasteiger partial charge in [0, 0.05) is 15.7 Å². The molecule has 3 heteroatoms. The van der Waals surface area contributed by atoms with Crippen molar-refractivity contribution in [3.05, 3.63) is 28.2 Å². The zero-order valence-corrected chi connectivity index (χ0v) is 7.64. The molecule has 58 valence electrons. The summed E-state index contributed by atoms with van der Waals surface area (Å²) in [6.07, 6.45) is 0. The van der Waals surface area contributed by atoms with Gasteiger partial charge >= 0.3 is 0 Å². The molecule has 1 aromatic carbocycles. The molecule has 0 fully saturated rings. The number of benzene rings is 1. The van der Waals surface area contributed by atoms with Gasteiger partial charge in [-0.15, -0.1) is 0 Å². The van der Waals surface area contributed by atoms with Crippen LogP contribution in [0.1, 0.15) is 12.5 Å². The minimum atomic E-state index is 0.153. The van der Waals surface area contributed by atoms with Crippen LogP contribution >= 0.6 is 15.9 Å². The van der Waals surface area contributed by atoms with Crippen LogP contribution in [0.4, 0.5) is 0 Å². The highest BCUT2D eigenvalue weighted by Gasteiger charge is 2.02. The minimum absolute atomic E-state index is 0.153. The summed E-state index contributed by atoms with van der Waals surface area (Å²) in [7, 11) is 0. The molecule has 1 rings (SSSR count). The molecular formula is C8H8BrNO. The number of phenolic OH excluding ortho intramolecular Hbond substituents is 1. The Balaban J connectivity index is 3.23. The maximum Gasteiger partial charge on any atom is 0.124 e. The summed E-state index contributed by atoms with van der Waals surface area (Å²) in [6, 6.07) is 5.02. The van der Waals surface area contributed by atoms with Crippen LogP contribution in [0.25, 0.3) is 0 Å². The second kappa shape index (κ2) is 3.05. The Hall–Kier alpha value is -0.830. The first kappa shape index (κ1) is 8.27. The Morgan fingerprint density at radius 2 is 2.18 bits per heavy atom. The van der Waals surface area contributed by atoms with E-state index >= 15 is 0 Å². The van der Waals surface area contributed by atoms with Gasteiger partial charge in [-0.05, 0) is 25.1 Å². The Morgan fingerprint density at radius 1 is 1.55 bits per heavy atom. The standard InChI is InChI=1S/C8H8BrNO/c1-5(10)7-4-6(9)2-3-8(7)11/h2-4,10-11H,1H3.